The Morgan fingerprint density at radius 3 is 1.89 bits per heavy atom. The van der Waals surface area contributed by atoms with E-state index in [1.807, 2.05) is 6.92 Å². The van der Waals surface area contributed by atoms with Crippen LogP contribution in [0.1, 0.15) is 85.4 Å². The van der Waals surface area contributed by atoms with Crippen LogP contribution in [0.25, 0.3) is 0 Å². The zero-order valence-electron chi connectivity index (χ0n) is 17.0. The van der Waals surface area contributed by atoms with Gasteiger partial charge in [-0.25, -0.2) is 9.59 Å². The molecular formula is C24H32O4. The maximum atomic E-state index is 12.7. The van der Waals surface area contributed by atoms with Crippen LogP contribution in [-0.4, -0.2) is 25.2 Å². The van der Waals surface area contributed by atoms with Gasteiger partial charge < -0.3 is 9.47 Å². The molecule has 4 heteroatoms. The number of carbonyl (C=O) groups excluding carboxylic acids is 2. The number of hydrogen-bond acceptors (Lipinski definition) is 4. The minimum atomic E-state index is -0.443. The molecule has 1 aromatic carbocycles. The molecule has 0 aromatic heterocycles. The van der Waals surface area contributed by atoms with Crippen molar-refractivity contribution in [1.82, 2.24) is 0 Å². The normalized spacial score (nSPS) is 30.2. The molecular weight excluding hydrogens is 352 g/mol. The highest BCUT2D eigenvalue weighted by Crippen LogP contribution is 2.61. The van der Waals surface area contributed by atoms with Gasteiger partial charge in [0.15, 0.2) is 0 Å². The molecule has 0 unspecified atom stereocenters. The number of esters is 2. The molecule has 0 spiro atoms. The quantitative estimate of drug-likeness (QED) is 0.444. The summed E-state index contributed by atoms with van der Waals surface area (Å²) < 4.78 is 10.9. The Hall–Kier alpha value is -1.84. The van der Waals surface area contributed by atoms with Gasteiger partial charge >= 0.3 is 11.9 Å². The Morgan fingerprint density at radius 1 is 0.893 bits per heavy atom. The Bertz CT molecular complexity index is 688. The summed E-state index contributed by atoms with van der Waals surface area (Å²) in [6, 6.07) is 6.81. The van der Waals surface area contributed by atoms with Crippen LogP contribution in [-0.2, 0) is 9.47 Å². The highest BCUT2D eigenvalue weighted by atomic mass is 16.5. The summed E-state index contributed by atoms with van der Waals surface area (Å²) in [7, 11) is 0. The van der Waals surface area contributed by atoms with E-state index in [4.69, 9.17) is 9.47 Å². The zero-order valence-corrected chi connectivity index (χ0v) is 17.0. The summed E-state index contributed by atoms with van der Waals surface area (Å²) in [6.45, 7) is 2.87. The first-order chi connectivity index (χ1) is 13.6. The van der Waals surface area contributed by atoms with Crippen molar-refractivity contribution in [2.24, 2.45) is 23.2 Å². The summed E-state index contributed by atoms with van der Waals surface area (Å²) >= 11 is 0. The fraction of sp³-hybridized carbons (Fsp3) is 0.667. The van der Waals surface area contributed by atoms with Gasteiger partial charge in [-0.3, -0.25) is 0 Å². The molecule has 0 heterocycles. The van der Waals surface area contributed by atoms with Gasteiger partial charge in [0.2, 0.25) is 0 Å². The summed E-state index contributed by atoms with van der Waals surface area (Å²) in [5.41, 5.74) is 1.01. The topological polar surface area (TPSA) is 52.6 Å². The zero-order chi connectivity index (χ0) is 19.6. The first-order valence-corrected chi connectivity index (χ1v) is 11.0. The fourth-order valence-corrected chi connectivity index (χ4v) is 6.26. The van der Waals surface area contributed by atoms with Gasteiger partial charge in [-0.2, -0.15) is 0 Å². The maximum absolute atomic E-state index is 12.7. The van der Waals surface area contributed by atoms with E-state index < -0.39 is 11.9 Å². The van der Waals surface area contributed by atoms with E-state index in [0.717, 1.165) is 37.0 Å². The predicted molar refractivity (Wildman–Crippen MR) is 107 cm³/mol. The standard InChI is InChI=1S/C24H32O4/c1-2-3-9-27-22(25)20-6-4-5-7-21(20)23(26)28-10-8-24-14-17-11-18(15-24)13-19(12-17)16-24/h4-7,17-19H,2-3,8-16H2,1H3. The highest BCUT2D eigenvalue weighted by Gasteiger charge is 2.50. The van der Waals surface area contributed by atoms with Crippen LogP contribution >= 0.6 is 0 Å². The van der Waals surface area contributed by atoms with E-state index in [2.05, 4.69) is 0 Å². The number of ether oxygens (including phenoxy) is 2. The second-order valence-corrected chi connectivity index (χ2v) is 9.34. The van der Waals surface area contributed by atoms with E-state index in [9.17, 15) is 9.59 Å². The molecule has 0 radical (unpaired) electrons. The average molecular weight is 385 g/mol. The molecule has 5 rings (SSSR count). The summed E-state index contributed by atoms with van der Waals surface area (Å²) in [5.74, 6) is 1.86. The number of benzene rings is 1. The molecule has 0 N–H and O–H groups in total. The van der Waals surface area contributed by atoms with Gasteiger partial charge in [0.1, 0.15) is 0 Å². The second kappa shape index (κ2) is 8.26. The van der Waals surface area contributed by atoms with E-state index in [0.29, 0.717) is 29.8 Å². The maximum Gasteiger partial charge on any atom is 0.339 e. The lowest BCUT2D eigenvalue weighted by Gasteiger charge is -2.57. The SMILES string of the molecule is CCCCOC(=O)c1ccccc1C(=O)OCCC12CC3CC(CC(C3)C1)C2. The van der Waals surface area contributed by atoms with Crippen LogP contribution in [0.3, 0.4) is 0 Å². The van der Waals surface area contributed by atoms with Crippen molar-refractivity contribution in [3.05, 3.63) is 35.4 Å². The molecule has 4 fully saturated rings. The van der Waals surface area contributed by atoms with Crippen molar-refractivity contribution in [2.45, 2.75) is 64.7 Å². The van der Waals surface area contributed by atoms with E-state index in [1.165, 1.54) is 38.5 Å². The van der Waals surface area contributed by atoms with Gasteiger partial charge in [0.25, 0.3) is 0 Å². The molecule has 4 aliphatic carbocycles. The molecule has 152 valence electrons. The molecule has 4 aliphatic rings. The molecule has 0 aliphatic heterocycles. The molecule has 0 amide bonds. The lowest BCUT2D eigenvalue weighted by atomic mass is 9.49. The van der Waals surface area contributed by atoms with Crippen LogP contribution in [0.2, 0.25) is 0 Å². The third kappa shape index (κ3) is 4.11. The van der Waals surface area contributed by atoms with Crippen LogP contribution in [0.5, 0.6) is 0 Å². The molecule has 0 saturated heterocycles. The summed E-state index contributed by atoms with van der Waals surface area (Å²) in [6.07, 6.45) is 11.0. The number of carbonyl (C=O) groups is 2. The first kappa shape index (κ1) is 19.5. The third-order valence-corrected chi connectivity index (χ3v) is 7.13. The molecule has 4 bridgehead atoms. The van der Waals surface area contributed by atoms with Crippen LogP contribution in [0.15, 0.2) is 24.3 Å². The molecule has 4 saturated carbocycles. The van der Waals surface area contributed by atoms with E-state index in [1.54, 1.807) is 24.3 Å². The van der Waals surface area contributed by atoms with Crippen molar-refractivity contribution >= 4 is 11.9 Å². The summed E-state index contributed by atoms with van der Waals surface area (Å²) in [4.78, 5) is 25.0. The molecule has 28 heavy (non-hydrogen) atoms. The molecule has 0 atom stereocenters. The van der Waals surface area contributed by atoms with Crippen molar-refractivity contribution < 1.29 is 19.1 Å². The van der Waals surface area contributed by atoms with Crippen molar-refractivity contribution in [2.75, 3.05) is 13.2 Å². The number of unbranched alkanes of at least 4 members (excludes halogenated alkanes) is 1. The van der Waals surface area contributed by atoms with Gasteiger partial charge in [-0.15, -0.1) is 0 Å². The minimum Gasteiger partial charge on any atom is -0.462 e. The number of rotatable bonds is 8. The highest BCUT2D eigenvalue weighted by molar-refractivity contribution is 6.03. The Labute approximate surface area is 168 Å². The number of hydrogen-bond donors (Lipinski definition) is 0. The monoisotopic (exact) mass is 384 g/mol. The van der Waals surface area contributed by atoms with Crippen LogP contribution in [0.4, 0.5) is 0 Å². The Kier molecular flexibility index (Phi) is 5.75. The van der Waals surface area contributed by atoms with E-state index in [-0.39, 0.29) is 0 Å². The van der Waals surface area contributed by atoms with Crippen LogP contribution < -0.4 is 0 Å². The van der Waals surface area contributed by atoms with Gasteiger partial charge in [0, 0.05) is 0 Å². The lowest BCUT2D eigenvalue weighted by Crippen LogP contribution is -2.46. The Morgan fingerprint density at radius 2 is 1.39 bits per heavy atom. The largest absolute Gasteiger partial charge is 0.462 e. The smallest absolute Gasteiger partial charge is 0.339 e. The van der Waals surface area contributed by atoms with Gasteiger partial charge in [-0.1, -0.05) is 25.5 Å². The predicted octanol–water partition coefficient (Wildman–Crippen LogP) is 5.41. The first-order valence-electron chi connectivity index (χ1n) is 11.0. The third-order valence-electron chi connectivity index (χ3n) is 7.13. The van der Waals surface area contributed by atoms with Gasteiger partial charge in [-0.05, 0) is 86.7 Å². The van der Waals surface area contributed by atoms with Crippen molar-refractivity contribution in [3.8, 4) is 0 Å². The lowest BCUT2D eigenvalue weighted by molar-refractivity contribution is -0.0653. The van der Waals surface area contributed by atoms with Crippen molar-refractivity contribution in [3.63, 3.8) is 0 Å². The Balaban J connectivity index is 1.34. The minimum absolute atomic E-state index is 0.304. The second-order valence-electron chi connectivity index (χ2n) is 9.34. The van der Waals surface area contributed by atoms with E-state index >= 15 is 0 Å². The van der Waals surface area contributed by atoms with Crippen LogP contribution in [0, 0.1) is 23.2 Å². The fourth-order valence-electron chi connectivity index (χ4n) is 6.26. The molecule has 4 nitrogen and oxygen atoms in total. The van der Waals surface area contributed by atoms with Gasteiger partial charge in [0.05, 0.1) is 24.3 Å². The van der Waals surface area contributed by atoms with Crippen molar-refractivity contribution in [1.29, 1.82) is 0 Å². The average Bonchev–Trinajstić information content (AvgIpc) is 2.67. The molecule has 1 aromatic rings. The summed E-state index contributed by atoms with van der Waals surface area (Å²) in [5, 5.41) is 0.